The smallest absolute Gasteiger partial charge is 0.275 e. The number of nitrogens with one attached hydrogen (secondary N) is 1. The number of benzene rings is 1. The van der Waals surface area contributed by atoms with Crippen LogP contribution >= 0.6 is 23.2 Å². The molecule has 2 heterocycles. The summed E-state index contributed by atoms with van der Waals surface area (Å²) in [6, 6.07) is 4.50. The van der Waals surface area contributed by atoms with Crippen LogP contribution in [-0.2, 0) is 9.84 Å². The molecule has 1 fully saturated rings. The fourth-order valence-corrected chi connectivity index (χ4v) is 4.94. The molecule has 3 rings (SSSR count). The number of sulfone groups is 1. The fourth-order valence-electron chi connectivity index (χ4n) is 2.72. The van der Waals surface area contributed by atoms with Crippen LogP contribution in [0.15, 0.2) is 28.0 Å². The van der Waals surface area contributed by atoms with Crippen LogP contribution in [-0.4, -0.2) is 35.9 Å². The summed E-state index contributed by atoms with van der Waals surface area (Å²) in [6.07, 6.45) is 1.87. The van der Waals surface area contributed by atoms with Crippen LogP contribution in [0.25, 0.3) is 0 Å². The van der Waals surface area contributed by atoms with E-state index in [-0.39, 0.29) is 23.1 Å². The van der Waals surface area contributed by atoms with Gasteiger partial charge in [-0.2, -0.15) is 0 Å². The van der Waals surface area contributed by atoms with Crippen molar-refractivity contribution in [3.8, 4) is 0 Å². The maximum absolute atomic E-state index is 12.5. The monoisotopic (exact) mass is 387 g/mol. The molecular formula is C15H15Cl2N3O3S. The van der Waals surface area contributed by atoms with Crippen molar-refractivity contribution in [1.82, 2.24) is 9.78 Å². The van der Waals surface area contributed by atoms with Crippen molar-refractivity contribution in [3.05, 3.63) is 49.9 Å². The second kappa shape index (κ2) is 6.38. The predicted octanol–water partition coefficient (Wildman–Crippen LogP) is 2.90. The van der Waals surface area contributed by atoms with Crippen molar-refractivity contribution < 1.29 is 8.42 Å². The maximum atomic E-state index is 12.5. The van der Waals surface area contributed by atoms with Crippen LogP contribution in [0.3, 0.4) is 0 Å². The molecule has 0 unspecified atom stereocenters. The number of aryl methyl sites for hydroxylation is 1. The standard InChI is InChI=1S/C15H15Cl2N3O3S/c1-9-14(7-18-12-5-10(16)4-11(17)6-12)15(21)20(19-9)13-2-3-24(22,23)8-13/h4-7,13,19H,2-3,8H2,1H3/t13-/m0/s1. The highest BCUT2D eigenvalue weighted by molar-refractivity contribution is 7.91. The predicted molar refractivity (Wildman–Crippen MR) is 95.8 cm³/mol. The summed E-state index contributed by atoms with van der Waals surface area (Å²) >= 11 is 11.8. The van der Waals surface area contributed by atoms with Crippen molar-refractivity contribution in [2.75, 3.05) is 11.5 Å². The van der Waals surface area contributed by atoms with Gasteiger partial charge in [-0.1, -0.05) is 23.2 Å². The number of hydrogen-bond donors (Lipinski definition) is 1. The minimum atomic E-state index is -3.07. The number of hydrogen-bond acceptors (Lipinski definition) is 4. The van der Waals surface area contributed by atoms with E-state index in [1.807, 2.05) is 0 Å². The molecule has 1 aliphatic heterocycles. The molecule has 6 nitrogen and oxygen atoms in total. The Morgan fingerprint density at radius 2 is 1.96 bits per heavy atom. The summed E-state index contributed by atoms with van der Waals surface area (Å²) < 4.78 is 24.6. The van der Waals surface area contributed by atoms with E-state index >= 15 is 0 Å². The summed E-state index contributed by atoms with van der Waals surface area (Å²) in [4.78, 5) is 16.8. The fraction of sp³-hybridized carbons (Fsp3) is 0.333. The zero-order valence-corrected chi connectivity index (χ0v) is 15.1. The van der Waals surface area contributed by atoms with Crippen molar-refractivity contribution in [2.24, 2.45) is 4.99 Å². The van der Waals surface area contributed by atoms with Gasteiger partial charge in [-0.15, -0.1) is 0 Å². The average Bonchev–Trinajstić information content (AvgIpc) is 2.96. The number of H-pyrrole nitrogens is 1. The lowest BCUT2D eigenvalue weighted by atomic mass is 10.2. The van der Waals surface area contributed by atoms with Crippen LogP contribution in [0.1, 0.15) is 23.7 Å². The highest BCUT2D eigenvalue weighted by Crippen LogP contribution is 2.25. The Labute approximate surface area is 149 Å². The van der Waals surface area contributed by atoms with E-state index in [4.69, 9.17) is 23.2 Å². The van der Waals surface area contributed by atoms with Crippen LogP contribution in [0.5, 0.6) is 0 Å². The van der Waals surface area contributed by atoms with E-state index in [0.29, 0.717) is 33.4 Å². The Morgan fingerprint density at radius 1 is 1.29 bits per heavy atom. The van der Waals surface area contributed by atoms with Gasteiger partial charge in [-0.25, -0.2) is 13.1 Å². The molecule has 0 amide bonds. The molecule has 1 aromatic heterocycles. The van der Waals surface area contributed by atoms with Gasteiger partial charge >= 0.3 is 0 Å². The summed E-state index contributed by atoms with van der Waals surface area (Å²) in [5.41, 5.74) is 1.26. The van der Waals surface area contributed by atoms with Crippen molar-refractivity contribution in [1.29, 1.82) is 0 Å². The van der Waals surface area contributed by atoms with Gasteiger partial charge in [0.25, 0.3) is 5.56 Å². The molecule has 2 aromatic rings. The minimum Gasteiger partial charge on any atom is -0.299 e. The molecule has 1 N–H and O–H groups in total. The normalized spacial score (nSPS) is 20.0. The quantitative estimate of drug-likeness (QED) is 0.821. The molecule has 0 bridgehead atoms. The average molecular weight is 388 g/mol. The third-order valence-corrected chi connectivity index (χ3v) is 6.09. The Balaban J connectivity index is 1.92. The van der Waals surface area contributed by atoms with Gasteiger partial charge in [-0.3, -0.25) is 14.9 Å². The molecule has 0 saturated carbocycles. The second-order valence-electron chi connectivity index (χ2n) is 5.77. The summed E-state index contributed by atoms with van der Waals surface area (Å²) in [5, 5.41) is 3.85. The molecule has 24 heavy (non-hydrogen) atoms. The number of aliphatic imine (C=N–C) groups is 1. The Kier molecular flexibility index (Phi) is 4.59. The number of nitrogens with zero attached hydrogens (tertiary/aromatic N) is 2. The first-order valence-electron chi connectivity index (χ1n) is 7.27. The van der Waals surface area contributed by atoms with Crippen molar-refractivity contribution in [2.45, 2.75) is 19.4 Å². The molecule has 1 atom stereocenters. The SMILES string of the molecule is Cc1[nH]n([C@H]2CCS(=O)(=O)C2)c(=O)c1C=Nc1cc(Cl)cc(Cl)c1. The van der Waals surface area contributed by atoms with Gasteiger partial charge in [0.1, 0.15) is 0 Å². The zero-order chi connectivity index (χ0) is 17.5. The molecular weight excluding hydrogens is 373 g/mol. The number of rotatable bonds is 3. The lowest BCUT2D eigenvalue weighted by Crippen LogP contribution is -2.25. The third kappa shape index (κ3) is 3.58. The van der Waals surface area contributed by atoms with E-state index in [9.17, 15) is 13.2 Å². The van der Waals surface area contributed by atoms with Gasteiger partial charge in [-0.05, 0) is 31.5 Å². The van der Waals surface area contributed by atoms with E-state index < -0.39 is 9.84 Å². The Hall–Kier alpha value is -1.57. The van der Waals surface area contributed by atoms with E-state index in [2.05, 4.69) is 10.1 Å². The zero-order valence-electron chi connectivity index (χ0n) is 12.8. The van der Waals surface area contributed by atoms with Gasteiger partial charge in [0.05, 0.1) is 28.8 Å². The van der Waals surface area contributed by atoms with Crippen LogP contribution < -0.4 is 5.56 Å². The van der Waals surface area contributed by atoms with Crippen LogP contribution in [0, 0.1) is 6.92 Å². The first-order chi connectivity index (χ1) is 11.2. The van der Waals surface area contributed by atoms with Crippen LogP contribution in [0.4, 0.5) is 5.69 Å². The lowest BCUT2D eigenvalue weighted by molar-refractivity contribution is 0.483. The molecule has 1 aromatic carbocycles. The molecule has 0 spiro atoms. The molecule has 1 saturated heterocycles. The van der Waals surface area contributed by atoms with Gasteiger partial charge < -0.3 is 0 Å². The van der Waals surface area contributed by atoms with Crippen molar-refractivity contribution in [3.63, 3.8) is 0 Å². The highest BCUT2D eigenvalue weighted by atomic mass is 35.5. The summed E-state index contributed by atoms with van der Waals surface area (Å²) in [7, 11) is -3.07. The third-order valence-electron chi connectivity index (χ3n) is 3.90. The van der Waals surface area contributed by atoms with Gasteiger partial charge in [0, 0.05) is 22.0 Å². The summed E-state index contributed by atoms with van der Waals surface area (Å²) in [6.45, 7) is 1.74. The van der Waals surface area contributed by atoms with E-state index in [1.165, 1.54) is 10.9 Å². The first kappa shape index (κ1) is 17.3. The minimum absolute atomic E-state index is 0.0205. The Bertz CT molecular complexity index is 956. The molecule has 0 aliphatic carbocycles. The summed E-state index contributed by atoms with van der Waals surface area (Å²) in [5.74, 6) is 0.0833. The largest absolute Gasteiger partial charge is 0.299 e. The van der Waals surface area contributed by atoms with Gasteiger partial charge in [0.2, 0.25) is 0 Å². The molecule has 128 valence electrons. The maximum Gasteiger partial charge on any atom is 0.275 e. The Morgan fingerprint density at radius 3 is 2.54 bits per heavy atom. The van der Waals surface area contributed by atoms with Crippen LogP contribution in [0.2, 0.25) is 10.0 Å². The lowest BCUT2D eigenvalue weighted by Gasteiger charge is -2.07. The first-order valence-corrected chi connectivity index (χ1v) is 9.84. The molecule has 1 aliphatic rings. The highest BCUT2D eigenvalue weighted by Gasteiger charge is 2.31. The molecule has 9 heteroatoms. The van der Waals surface area contributed by atoms with Crippen molar-refractivity contribution >= 4 is 44.9 Å². The number of aromatic nitrogens is 2. The number of aromatic amines is 1. The molecule has 0 radical (unpaired) electrons. The topological polar surface area (TPSA) is 84.3 Å². The van der Waals surface area contributed by atoms with E-state index in [0.717, 1.165) is 0 Å². The number of halogens is 2. The van der Waals surface area contributed by atoms with Gasteiger partial charge in [0.15, 0.2) is 9.84 Å². The second-order valence-corrected chi connectivity index (χ2v) is 8.87. The van der Waals surface area contributed by atoms with E-state index in [1.54, 1.807) is 25.1 Å².